The lowest BCUT2D eigenvalue weighted by Gasteiger charge is -2.11. The second-order valence-corrected chi connectivity index (χ2v) is 5.13. The molecule has 3 N–H and O–H groups in total. The third-order valence-corrected chi connectivity index (χ3v) is 3.48. The quantitative estimate of drug-likeness (QED) is 0.730. The first-order valence-corrected chi connectivity index (χ1v) is 7.27. The number of benzene rings is 1. The number of hydrogen-bond acceptors (Lipinski definition) is 3. The normalized spacial score (nSPS) is 12.1. The van der Waals surface area contributed by atoms with Gasteiger partial charge < -0.3 is 10.6 Å². The summed E-state index contributed by atoms with van der Waals surface area (Å²) in [5, 5.41) is 12.9. The van der Waals surface area contributed by atoms with Crippen LogP contribution in [0.1, 0.15) is 25.8 Å². The van der Waals surface area contributed by atoms with Crippen LogP contribution in [0.5, 0.6) is 0 Å². The molecule has 0 radical (unpaired) electrons. The number of aromatic nitrogens is 2. The van der Waals surface area contributed by atoms with Crippen LogP contribution >= 0.6 is 0 Å². The van der Waals surface area contributed by atoms with Gasteiger partial charge in [0.05, 0.1) is 12.2 Å². The first-order chi connectivity index (χ1) is 10.2. The number of hydrogen-bond donors (Lipinski definition) is 3. The topological polar surface area (TPSA) is 69.8 Å². The Morgan fingerprint density at radius 3 is 2.67 bits per heavy atom. The van der Waals surface area contributed by atoms with Crippen LogP contribution in [0.25, 0.3) is 11.3 Å². The maximum absolute atomic E-state index is 11.7. The molecule has 1 heterocycles. The second-order valence-electron chi connectivity index (χ2n) is 5.13. The summed E-state index contributed by atoms with van der Waals surface area (Å²) in [5.41, 5.74) is 3.15. The summed E-state index contributed by atoms with van der Waals surface area (Å²) in [5.74, 6) is 0.0212. The van der Waals surface area contributed by atoms with Crippen molar-refractivity contribution in [1.29, 1.82) is 0 Å². The van der Waals surface area contributed by atoms with Crippen LogP contribution in [0, 0.1) is 0 Å². The van der Waals surface area contributed by atoms with Gasteiger partial charge in [-0.3, -0.25) is 9.89 Å². The zero-order chi connectivity index (χ0) is 15.1. The molecule has 1 amide bonds. The Morgan fingerprint density at radius 2 is 2.05 bits per heavy atom. The molecule has 2 rings (SSSR count). The number of rotatable bonds is 7. The number of carbonyl (C=O) groups is 1. The largest absolute Gasteiger partial charge is 0.351 e. The number of carbonyl (C=O) groups excluding carboxylic acids is 1. The van der Waals surface area contributed by atoms with Gasteiger partial charge >= 0.3 is 0 Å². The van der Waals surface area contributed by atoms with Crippen molar-refractivity contribution < 1.29 is 4.79 Å². The molecule has 0 spiro atoms. The maximum atomic E-state index is 11.7. The Hall–Kier alpha value is -2.14. The van der Waals surface area contributed by atoms with Crippen molar-refractivity contribution in [2.75, 3.05) is 6.54 Å². The molecule has 0 bridgehead atoms. The Morgan fingerprint density at radius 1 is 1.29 bits per heavy atom. The number of aromatic amines is 1. The van der Waals surface area contributed by atoms with Crippen molar-refractivity contribution in [3.63, 3.8) is 0 Å². The van der Waals surface area contributed by atoms with E-state index >= 15 is 0 Å². The second kappa shape index (κ2) is 7.59. The zero-order valence-corrected chi connectivity index (χ0v) is 12.5. The molecule has 0 aliphatic heterocycles. The van der Waals surface area contributed by atoms with Gasteiger partial charge in [-0.05, 0) is 30.5 Å². The van der Waals surface area contributed by atoms with Gasteiger partial charge in [-0.25, -0.2) is 0 Å². The summed E-state index contributed by atoms with van der Waals surface area (Å²) in [4.78, 5) is 11.7. The van der Waals surface area contributed by atoms with Gasteiger partial charge in [0.25, 0.3) is 0 Å². The summed E-state index contributed by atoms with van der Waals surface area (Å²) in [6, 6.07) is 10.4. The molecule has 21 heavy (non-hydrogen) atoms. The van der Waals surface area contributed by atoms with E-state index in [0.29, 0.717) is 19.1 Å². The van der Waals surface area contributed by atoms with E-state index in [1.165, 1.54) is 0 Å². The summed E-state index contributed by atoms with van der Waals surface area (Å²) in [6.45, 7) is 5.07. The number of H-pyrrole nitrogens is 1. The highest BCUT2D eigenvalue weighted by Gasteiger charge is 2.04. The van der Waals surface area contributed by atoms with Crippen LogP contribution in [-0.4, -0.2) is 28.7 Å². The Balaban J connectivity index is 1.80. The van der Waals surface area contributed by atoms with Gasteiger partial charge in [-0.2, -0.15) is 5.10 Å². The molecule has 2 aromatic rings. The van der Waals surface area contributed by atoms with E-state index in [4.69, 9.17) is 0 Å². The molecular formula is C16H22N4O. The smallest absolute Gasteiger partial charge is 0.234 e. The van der Waals surface area contributed by atoms with E-state index in [9.17, 15) is 4.79 Å². The molecule has 1 atom stereocenters. The summed E-state index contributed by atoms with van der Waals surface area (Å²) >= 11 is 0. The molecule has 0 saturated carbocycles. The highest BCUT2D eigenvalue weighted by atomic mass is 16.1. The van der Waals surface area contributed by atoms with E-state index in [1.807, 2.05) is 30.3 Å². The standard InChI is InChI=1S/C16H22N4O/c1-3-12(2)17-11-16(21)18-10-13-4-6-14(7-5-13)15-8-9-19-20-15/h4-9,12,17H,3,10-11H2,1-2H3,(H,18,21)(H,19,20). The van der Waals surface area contributed by atoms with Gasteiger partial charge in [0.15, 0.2) is 0 Å². The van der Waals surface area contributed by atoms with Crippen molar-refractivity contribution in [3.8, 4) is 11.3 Å². The molecule has 1 unspecified atom stereocenters. The van der Waals surface area contributed by atoms with Crippen LogP contribution in [0.3, 0.4) is 0 Å². The highest BCUT2D eigenvalue weighted by molar-refractivity contribution is 5.78. The molecule has 0 aliphatic carbocycles. The van der Waals surface area contributed by atoms with Gasteiger partial charge in [0.2, 0.25) is 5.91 Å². The molecule has 0 fully saturated rings. The van der Waals surface area contributed by atoms with Crippen molar-refractivity contribution in [3.05, 3.63) is 42.1 Å². The predicted molar refractivity (Wildman–Crippen MR) is 83.6 cm³/mol. The number of amides is 1. The minimum absolute atomic E-state index is 0.0212. The first kappa shape index (κ1) is 15.3. The van der Waals surface area contributed by atoms with Crippen molar-refractivity contribution in [2.24, 2.45) is 0 Å². The number of nitrogens with zero attached hydrogens (tertiary/aromatic N) is 1. The fourth-order valence-corrected chi connectivity index (χ4v) is 1.89. The van der Waals surface area contributed by atoms with Crippen LogP contribution in [0.4, 0.5) is 0 Å². The third-order valence-electron chi connectivity index (χ3n) is 3.48. The minimum atomic E-state index is 0.0212. The van der Waals surface area contributed by atoms with Crippen molar-refractivity contribution in [1.82, 2.24) is 20.8 Å². The molecule has 0 saturated heterocycles. The Bertz CT molecular complexity index is 548. The zero-order valence-electron chi connectivity index (χ0n) is 12.5. The minimum Gasteiger partial charge on any atom is -0.351 e. The predicted octanol–water partition coefficient (Wildman–Crippen LogP) is 2.08. The van der Waals surface area contributed by atoms with Gasteiger partial charge in [-0.1, -0.05) is 31.2 Å². The van der Waals surface area contributed by atoms with Crippen LogP contribution in [-0.2, 0) is 11.3 Å². The first-order valence-electron chi connectivity index (χ1n) is 7.27. The van der Waals surface area contributed by atoms with E-state index in [1.54, 1.807) is 6.20 Å². The fourth-order valence-electron chi connectivity index (χ4n) is 1.89. The molecule has 5 heteroatoms. The molecule has 1 aromatic carbocycles. The monoisotopic (exact) mass is 286 g/mol. The highest BCUT2D eigenvalue weighted by Crippen LogP contribution is 2.16. The van der Waals surface area contributed by atoms with Gasteiger partial charge in [-0.15, -0.1) is 0 Å². The van der Waals surface area contributed by atoms with Crippen LogP contribution < -0.4 is 10.6 Å². The average Bonchev–Trinajstić information content (AvgIpc) is 3.05. The maximum Gasteiger partial charge on any atom is 0.234 e. The van der Waals surface area contributed by atoms with Crippen molar-refractivity contribution >= 4 is 5.91 Å². The SMILES string of the molecule is CCC(C)NCC(=O)NCc1ccc(-c2ccn[nH]2)cc1. The van der Waals surface area contributed by atoms with E-state index < -0.39 is 0 Å². The molecule has 0 aliphatic rings. The third kappa shape index (κ3) is 4.72. The van der Waals surface area contributed by atoms with Crippen LogP contribution in [0.15, 0.2) is 36.5 Å². The van der Waals surface area contributed by atoms with Crippen LogP contribution in [0.2, 0.25) is 0 Å². The van der Waals surface area contributed by atoms with E-state index in [0.717, 1.165) is 23.2 Å². The lowest BCUT2D eigenvalue weighted by Crippen LogP contribution is -2.37. The van der Waals surface area contributed by atoms with Gasteiger partial charge in [0.1, 0.15) is 0 Å². The van der Waals surface area contributed by atoms with Crippen molar-refractivity contribution in [2.45, 2.75) is 32.9 Å². The average molecular weight is 286 g/mol. The Kier molecular flexibility index (Phi) is 5.51. The number of nitrogens with one attached hydrogen (secondary N) is 3. The van der Waals surface area contributed by atoms with E-state index in [-0.39, 0.29) is 5.91 Å². The summed E-state index contributed by atoms with van der Waals surface area (Å²) in [7, 11) is 0. The fraction of sp³-hybridized carbons (Fsp3) is 0.375. The van der Waals surface area contributed by atoms with Gasteiger partial charge in [0, 0.05) is 18.8 Å². The molecule has 1 aromatic heterocycles. The molecular weight excluding hydrogens is 264 g/mol. The summed E-state index contributed by atoms with van der Waals surface area (Å²) < 4.78 is 0. The van der Waals surface area contributed by atoms with E-state index in [2.05, 4.69) is 34.7 Å². The summed E-state index contributed by atoms with van der Waals surface area (Å²) in [6.07, 6.45) is 2.75. The molecule has 112 valence electrons. The Labute approximate surface area is 125 Å². The molecule has 5 nitrogen and oxygen atoms in total. The lowest BCUT2D eigenvalue weighted by atomic mass is 10.1. The lowest BCUT2D eigenvalue weighted by molar-refractivity contribution is -0.120.